The molecule has 0 spiro atoms. The number of furan rings is 1. The number of hydrogen-bond donors (Lipinski definition) is 2. The van der Waals surface area contributed by atoms with Crippen molar-refractivity contribution in [2.75, 3.05) is 6.61 Å². The minimum absolute atomic E-state index is 0.0380. The predicted molar refractivity (Wildman–Crippen MR) is 68.5 cm³/mol. The highest BCUT2D eigenvalue weighted by Gasteiger charge is 2.42. The number of amides is 1. The van der Waals surface area contributed by atoms with Crippen molar-refractivity contribution < 1.29 is 14.3 Å². The molecule has 0 bridgehead atoms. The molecule has 2 rings (SSSR count). The first-order valence-electron chi connectivity index (χ1n) is 6.53. The molecule has 0 aromatic carbocycles. The number of aliphatic hydroxyl groups excluding tert-OH is 1. The Morgan fingerprint density at radius 2 is 2.28 bits per heavy atom. The van der Waals surface area contributed by atoms with Gasteiger partial charge in [0.1, 0.15) is 5.76 Å². The Bertz CT molecular complexity index is 448. The van der Waals surface area contributed by atoms with E-state index in [1.807, 2.05) is 20.8 Å². The van der Waals surface area contributed by atoms with Crippen molar-refractivity contribution in [1.82, 2.24) is 5.32 Å². The van der Waals surface area contributed by atoms with Crippen LogP contribution in [0.1, 0.15) is 48.6 Å². The average molecular weight is 251 g/mol. The molecule has 1 aromatic rings. The number of carbonyl (C=O) groups is 1. The second-order valence-corrected chi connectivity index (χ2v) is 5.37. The Hall–Kier alpha value is -1.29. The Balaban J connectivity index is 2.11. The summed E-state index contributed by atoms with van der Waals surface area (Å²) in [5, 5.41) is 12.4. The second kappa shape index (κ2) is 4.76. The maximum atomic E-state index is 12.1. The van der Waals surface area contributed by atoms with Crippen LogP contribution < -0.4 is 5.32 Å². The van der Waals surface area contributed by atoms with Crippen molar-refractivity contribution in [3.05, 3.63) is 23.2 Å². The van der Waals surface area contributed by atoms with Gasteiger partial charge in [-0.1, -0.05) is 6.92 Å². The molecule has 4 heteroatoms. The van der Waals surface area contributed by atoms with Gasteiger partial charge in [0.25, 0.3) is 5.91 Å². The third-order valence-electron chi connectivity index (χ3n) is 3.77. The summed E-state index contributed by atoms with van der Waals surface area (Å²) in [5.41, 5.74) is 0.476. The fraction of sp³-hybridized carbons (Fsp3) is 0.643. The van der Waals surface area contributed by atoms with Crippen molar-refractivity contribution in [2.45, 2.75) is 45.6 Å². The van der Waals surface area contributed by atoms with Gasteiger partial charge in [-0.3, -0.25) is 4.79 Å². The Morgan fingerprint density at radius 1 is 1.61 bits per heavy atom. The van der Waals surface area contributed by atoms with Crippen molar-refractivity contribution in [3.8, 4) is 0 Å². The first-order valence-corrected chi connectivity index (χ1v) is 6.53. The van der Waals surface area contributed by atoms with E-state index in [0.29, 0.717) is 11.7 Å². The van der Waals surface area contributed by atoms with E-state index in [9.17, 15) is 9.90 Å². The molecule has 0 radical (unpaired) electrons. The van der Waals surface area contributed by atoms with E-state index in [1.165, 1.54) is 0 Å². The number of hydrogen-bond acceptors (Lipinski definition) is 3. The molecule has 0 saturated heterocycles. The van der Waals surface area contributed by atoms with Crippen LogP contribution in [0, 0.1) is 12.8 Å². The monoisotopic (exact) mass is 251 g/mol. The highest BCUT2D eigenvalue weighted by atomic mass is 16.4. The van der Waals surface area contributed by atoms with Crippen molar-refractivity contribution in [2.24, 2.45) is 5.92 Å². The third-order valence-corrected chi connectivity index (χ3v) is 3.77. The lowest BCUT2D eigenvalue weighted by Crippen LogP contribution is -2.50. The van der Waals surface area contributed by atoms with Crippen LogP contribution in [-0.4, -0.2) is 23.2 Å². The lowest BCUT2D eigenvalue weighted by Gasteiger charge is -2.28. The molecule has 1 saturated carbocycles. The Morgan fingerprint density at radius 3 is 2.72 bits per heavy atom. The molecule has 2 N–H and O–H groups in total. The number of carbonyl (C=O) groups excluding carboxylic acids is 1. The van der Waals surface area contributed by atoms with Gasteiger partial charge in [-0.25, -0.2) is 0 Å². The minimum Gasteiger partial charge on any atom is -0.456 e. The van der Waals surface area contributed by atoms with E-state index < -0.39 is 5.54 Å². The summed E-state index contributed by atoms with van der Waals surface area (Å²) in [7, 11) is 0. The second-order valence-electron chi connectivity index (χ2n) is 5.37. The summed E-state index contributed by atoms with van der Waals surface area (Å²) < 4.78 is 5.52. The van der Waals surface area contributed by atoms with Crippen LogP contribution >= 0.6 is 0 Å². The largest absolute Gasteiger partial charge is 0.456 e. The first-order chi connectivity index (χ1) is 8.50. The van der Waals surface area contributed by atoms with Gasteiger partial charge in [-0.2, -0.15) is 0 Å². The molecule has 100 valence electrons. The van der Waals surface area contributed by atoms with E-state index in [4.69, 9.17) is 4.42 Å². The van der Waals surface area contributed by atoms with Gasteiger partial charge in [0.05, 0.1) is 12.1 Å². The summed E-state index contributed by atoms with van der Waals surface area (Å²) in [5.74, 6) is 1.33. The molecule has 1 heterocycles. The molecular formula is C14H21NO3. The van der Waals surface area contributed by atoms with E-state index in [0.717, 1.165) is 30.6 Å². The van der Waals surface area contributed by atoms with Crippen LogP contribution in [0.2, 0.25) is 0 Å². The molecule has 4 nitrogen and oxygen atoms in total. The van der Waals surface area contributed by atoms with E-state index in [1.54, 1.807) is 6.07 Å². The zero-order valence-corrected chi connectivity index (χ0v) is 11.2. The highest BCUT2D eigenvalue weighted by molar-refractivity contribution is 5.92. The van der Waals surface area contributed by atoms with Gasteiger partial charge in [0, 0.05) is 6.42 Å². The van der Waals surface area contributed by atoms with Crippen LogP contribution in [0.3, 0.4) is 0 Å². The molecule has 18 heavy (non-hydrogen) atoms. The summed E-state index contributed by atoms with van der Waals surface area (Å²) in [6.45, 7) is 5.78. The van der Waals surface area contributed by atoms with E-state index >= 15 is 0 Å². The van der Waals surface area contributed by atoms with Crippen molar-refractivity contribution in [3.63, 3.8) is 0 Å². The van der Waals surface area contributed by atoms with Crippen LogP contribution in [0.5, 0.6) is 0 Å². The zero-order chi connectivity index (χ0) is 13.3. The number of aliphatic hydroxyl groups is 1. The third kappa shape index (κ3) is 2.43. The van der Waals surface area contributed by atoms with Gasteiger partial charge in [-0.15, -0.1) is 0 Å². The number of nitrogens with one attached hydrogen (secondary N) is 1. The highest BCUT2D eigenvalue weighted by Crippen LogP contribution is 2.39. The molecule has 1 fully saturated rings. The maximum absolute atomic E-state index is 12.1. The van der Waals surface area contributed by atoms with Gasteiger partial charge < -0.3 is 14.8 Å². The van der Waals surface area contributed by atoms with Gasteiger partial charge >= 0.3 is 0 Å². The van der Waals surface area contributed by atoms with E-state index in [2.05, 4.69) is 5.32 Å². The van der Waals surface area contributed by atoms with Gasteiger partial charge in [0.15, 0.2) is 5.76 Å². The average Bonchev–Trinajstić information content (AvgIpc) is 3.13. The quantitative estimate of drug-likeness (QED) is 0.841. The predicted octanol–water partition coefficient (Wildman–Crippen LogP) is 2.04. The summed E-state index contributed by atoms with van der Waals surface area (Å²) in [6, 6.07) is 1.76. The minimum atomic E-state index is -0.524. The zero-order valence-electron chi connectivity index (χ0n) is 11.2. The Labute approximate surface area is 107 Å². The molecule has 1 atom stereocenters. The van der Waals surface area contributed by atoms with Crippen molar-refractivity contribution >= 4 is 5.91 Å². The SMILES string of the molecule is CCc1oc(C(=O)NC(C)(CO)C2CC2)cc1C. The Kier molecular flexibility index (Phi) is 3.48. The fourth-order valence-electron chi connectivity index (χ4n) is 2.29. The number of aryl methyl sites for hydroxylation is 2. The molecule has 0 aliphatic heterocycles. The lowest BCUT2D eigenvalue weighted by molar-refractivity contribution is 0.0795. The molecule has 1 aliphatic carbocycles. The molecule has 1 aliphatic rings. The number of rotatable bonds is 5. The smallest absolute Gasteiger partial charge is 0.287 e. The lowest BCUT2D eigenvalue weighted by atomic mass is 9.97. The van der Waals surface area contributed by atoms with E-state index in [-0.39, 0.29) is 12.5 Å². The maximum Gasteiger partial charge on any atom is 0.287 e. The van der Waals surface area contributed by atoms with Gasteiger partial charge in [-0.05, 0) is 44.2 Å². The molecule has 1 unspecified atom stereocenters. The van der Waals surface area contributed by atoms with Crippen molar-refractivity contribution in [1.29, 1.82) is 0 Å². The molecule has 1 aromatic heterocycles. The van der Waals surface area contributed by atoms with Crippen LogP contribution in [-0.2, 0) is 6.42 Å². The van der Waals surface area contributed by atoms with Crippen LogP contribution in [0.15, 0.2) is 10.5 Å². The van der Waals surface area contributed by atoms with Crippen LogP contribution in [0.25, 0.3) is 0 Å². The first kappa shape index (κ1) is 13.1. The molecule has 1 amide bonds. The molecular weight excluding hydrogens is 230 g/mol. The van der Waals surface area contributed by atoms with Crippen LogP contribution in [0.4, 0.5) is 0 Å². The summed E-state index contributed by atoms with van der Waals surface area (Å²) in [6.07, 6.45) is 2.91. The summed E-state index contributed by atoms with van der Waals surface area (Å²) in [4.78, 5) is 12.1. The van der Waals surface area contributed by atoms with Gasteiger partial charge in [0.2, 0.25) is 0 Å². The normalized spacial score (nSPS) is 18.4. The summed E-state index contributed by atoms with van der Waals surface area (Å²) >= 11 is 0. The standard InChI is InChI=1S/C14H21NO3/c1-4-11-9(2)7-12(18-11)13(17)15-14(3,8-16)10-5-6-10/h7,10,16H,4-6,8H2,1-3H3,(H,15,17). The topological polar surface area (TPSA) is 62.5 Å². The fourth-order valence-corrected chi connectivity index (χ4v) is 2.29.